The molecule has 0 amide bonds. The van der Waals surface area contributed by atoms with E-state index in [1.165, 1.54) is 0 Å². The number of piperazine rings is 1. The van der Waals surface area contributed by atoms with Gasteiger partial charge in [0.1, 0.15) is 5.76 Å². The first-order valence-electron chi connectivity index (χ1n) is 9.05. The van der Waals surface area contributed by atoms with Gasteiger partial charge in [0.15, 0.2) is 0 Å². The number of hydrogen-bond donors (Lipinski definition) is 1. The molecule has 0 aliphatic carbocycles. The van der Waals surface area contributed by atoms with Gasteiger partial charge in [0.2, 0.25) is 5.89 Å². The van der Waals surface area contributed by atoms with E-state index in [9.17, 15) is 5.11 Å². The van der Waals surface area contributed by atoms with Crippen LogP contribution in [0.4, 0.5) is 0 Å². The number of nitrogens with zero attached hydrogens (tertiary/aromatic N) is 3. The molecule has 1 fully saturated rings. The maximum atomic E-state index is 10.4. The summed E-state index contributed by atoms with van der Waals surface area (Å²) in [6.07, 6.45) is 1.43. The first-order valence-corrected chi connectivity index (χ1v) is 9.05. The van der Waals surface area contributed by atoms with Crippen LogP contribution in [0.25, 0.3) is 0 Å². The summed E-state index contributed by atoms with van der Waals surface area (Å²) in [6, 6.07) is 9.88. The molecular formula is C20H29N3O2. The third-order valence-corrected chi connectivity index (χ3v) is 4.73. The Balaban J connectivity index is 1.46. The third-order valence-electron chi connectivity index (χ3n) is 4.73. The van der Waals surface area contributed by atoms with Crippen LogP contribution in [-0.2, 0) is 12.0 Å². The van der Waals surface area contributed by atoms with Crippen molar-refractivity contribution in [3.8, 4) is 0 Å². The summed E-state index contributed by atoms with van der Waals surface area (Å²) in [4.78, 5) is 9.11. The number of β-amino-alcohol motifs (C(OH)–C–C–N with tert-alkyl or cyclic N) is 1. The Kier molecular flexibility index (Phi) is 5.57. The molecule has 25 heavy (non-hydrogen) atoms. The highest BCUT2D eigenvalue weighted by atomic mass is 16.4. The molecule has 136 valence electrons. The zero-order chi connectivity index (χ0) is 17.9. The highest BCUT2D eigenvalue weighted by Gasteiger charge is 2.23. The summed E-state index contributed by atoms with van der Waals surface area (Å²) < 4.78 is 5.89. The minimum atomic E-state index is -0.422. The van der Waals surface area contributed by atoms with Crippen LogP contribution in [0.15, 0.2) is 40.9 Å². The van der Waals surface area contributed by atoms with Crippen LogP contribution in [-0.4, -0.2) is 52.6 Å². The van der Waals surface area contributed by atoms with E-state index in [1.807, 2.05) is 36.5 Å². The molecule has 3 rings (SSSR count). The number of aliphatic hydroxyl groups is 1. The van der Waals surface area contributed by atoms with Crippen molar-refractivity contribution in [1.82, 2.24) is 14.8 Å². The lowest BCUT2D eigenvalue weighted by Crippen LogP contribution is -2.47. The summed E-state index contributed by atoms with van der Waals surface area (Å²) in [7, 11) is 0. The fourth-order valence-electron chi connectivity index (χ4n) is 3.08. The van der Waals surface area contributed by atoms with Gasteiger partial charge in [-0.15, -0.1) is 0 Å². The lowest BCUT2D eigenvalue weighted by Gasteiger charge is -2.35. The van der Waals surface area contributed by atoms with Gasteiger partial charge in [-0.3, -0.25) is 9.80 Å². The Morgan fingerprint density at radius 2 is 1.72 bits per heavy atom. The summed E-state index contributed by atoms with van der Waals surface area (Å²) in [6.45, 7) is 11.7. The molecule has 1 N–H and O–H groups in total. The normalized spacial score (nSPS) is 18.4. The number of benzene rings is 1. The SMILES string of the molecule is CC(C)(C)c1cnc(CN2CCN(CC(O)c3ccccc3)CC2)o1. The second-order valence-corrected chi connectivity index (χ2v) is 7.87. The minimum Gasteiger partial charge on any atom is -0.444 e. The highest BCUT2D eigenvalue weighted by Crippen LogP contribution is 2.23. The first-order chi connectivity index (χ1) is 11.9. The Bertz CT molecular complexity index is 655. The summed E-state index contributed by atoms with van der Waals surface area (Å²) >= 11 is 0. The Labute approximate surface area is 150 Å². The van der Waals surface area contributed by atoms with Crippen LogP contribution < -0.4 is 0 Å². The highest BCUT2D eigenvalue weighted by molar-refractivity contribution is 5.17. The molecule has 5 heteroatoms. The van der Waals surface area contributed by atoms with Crippen LogP contribution in [0.5, 0.6) is 0 Å². The number of oxazole rings is 1. The van der Waals surface area contributed by atoms with Gasteiger partial charge in [-0.2, -0.15) is 0 Å². The molecule has 1 aromatic heterocycles. The van der Waals surface area contributed by atoms with Crippen LogP contribution >= 0.6 is 0 Å². The van der Waals surface area contributed by atoms with Crippen LogP contribution in [0, 0.1) is 0 Å². The van der Waals surface area contributed by atoms with E-state index in [0.29, 0.717) is 6.54 Å². The Hall–Kier alpha value is -1.69. The second kappa shape index (κ2) is 7.68. The molecule has 1 aliphatic rings. The van der Waals surface area contributed by atoms with Gasteiger partial charge in [0.05, 0.1) is 18.8 Å². The van der Waals surface area contributed by atoms with E-state index < -0.39 is 6.10 Å². The van der Waals surface area contributed by atoms with Gasteiger partial charge in [0, 0.05) is 38.1 Å². The zero-order valence-electron chi connectivity index (χ0n) is 15.5. The molecule has 0 radical (unpaired) electrons. The molecule has 0 spiro atoms. The minimum absolute atomic E-state index is 0.00246. The van der Waals surface area contributed by atoms with Crippen molar-refractivity contribution in [2.45, 2.75) is 38.8 Å². The molecule has 2 heterocycles. The predicted octanol–water partition coefficient (Wildman–Crippen LogP) is 2.82. The second-order valence-electron chi connectivity index (χ2n) is 7.87. The molecule has 0 saturated carbocycles. The lowest BCUT2D eigenvalue weighted by molar-refractivity contribution is 0.0669. The molecule has 0 bridgehead atoms. The zero-order valence-corrected chi connectivity index (χ0v) is 15.5. The van der Waals surface area contributed by atoms with Crippen LogP contribution in [0.1, 0.15) is 44.1 Å². The van der Waals surface area contributed by atoms with E-state index in [0.717, 1.165) is 49.9 Å². The van der Waals surface area contributed by atoms with E-state index in [-0.39, 0.29) is 5.41 Å². The van der Waals surface area contributed by atoms with E-state index in [1.54, 1.807) is 0 Å². The van der Waals surface area contributed by atoms with Gasteiger partial charge in [-0.05, 0) is 5.56 Å². The van der Waals surface area contributed by atoms with Gasteiger partial charge in [0.25, 0.3) is 0 Å². The van der Waals surface area contributed by atoms with E-state index >= 15 is 0 Å². The third kappa shape index (κ3) is 4.91. The predicted molar refractivity (Wildman–Crippen MR) is 98.3 cm³/mol. The van der Waals surface area contributed by atoms with E-state index in [4.69, 9.17) is 4.42 Å². The van der Waals surface area contributed by atoms with Crippen molar-refractivity contribution in [2.24, 2.45) is 0 Å². The van der Waals surface area contributed by atoms with Crippen molar-refractivity contribution >= 4 is 0 Å². The molecule has 1 saturated heterocycles. The van der Waals surface area contributed by atoms with Gasteiger partial charge < -0.3 is 9.52 Å². The summed E-state index contributed by atoms with van der Waals surface area (Å²) in [5, 5.41) is 10.4. The van der Waals surface area contributed by atoms with E-state index in [2.05, 4.69) is 35.6 Å². The van der Waals surface area contributed by atoms with Crippen molar-refractivity contribution in [3.05, 3.63) is 53.7 Å². The Morgan fingerprint density at radius 3 is 2.32 bits per heavy atom. The first kappa shape index (κ1) is 18.1. The number of rotatable bonds is 5. The molecule has 2 aromatic rings. The maximum Gasteiger partial charge on any atom is 0.208 e. The molecule has 1 unspecified atom stereocenters. The molecule has 1 aromatic carbocycles. The number of aromatic nitrogens is 1. The average Bonchev–Trinajstić information content (AvgIpc) is 3.06. The molecule has 1 aliphatic heterocycles. The van der Waals surface area contributed by atoms with Crippen LogP contribution in [0.2, 0.25) is 0 Å². The fourth-order valence-corrected chi connectivity index (χ4v) is 3.08. The quantitative estimate of drug-likeness (QED) is 0.905. The fraction of sp³-hybridized carbons (Fsp3) is 0.550. The summed E-state index contributed by atoms with van der Waals surface area (Å²) in [5.41, 5.74) is 0.983. The van der Waals surface area contributed by atoms with Gasteiger partial charge in [-0.25, -0.2) is 4.98 Å². The van der Waals surface area contributed by atoms with Crippen LogP contribution in [0.3, 0.4) is 0 Å². The molecule has 1 atom stereocenters. The molecule has 5 nitrogen and oxygen atoms in total. The van der Waals surface area contributed by atoms with Gasteiger partial charge >= 0.3 is 0 Å². The van der Waals surface area contributed by atoms with Crippen molar-refractivity contribution in [3.63, 3.8) is 0 Å². The topological polar surface area (TPSA) is 52.7 Å². The van der Waals surface area contributed by atoms with Gasteiger partial charge in [-0.1, -0.05) is 51.1 Å². The van der Waals surface area contributed by atoms with Crippen molar-refractivity contribution in [1.29, 1.82) is 0 Å². The standard InChI is InChI=1S/C20H29N3O2/c1-20(2,3)18-13-21-19(25-18)15-23-11-9-22(10-12-23)14-17(24)16-7-5-4-6-8-16/h4-8,13,17,24H,9-12,14-15H2,1-3H3. The Morgan fingerprint density at radius 1 is 1.08 bits per heavy atom. The monoisotopic (exact) mass is 343 g/mol. The average molecular weight is 343 g/mol. The lowest BCUT2D eigenvalue weighted by atomic mass is 9.94. The largest absolute Gasteiger partial charge is 0.444 e. The summed E-state index contributed by atoms with van der Waals surface area (Å²) in [5.74, 6) is 1.73. The van der Waals surface area contributed by atoms with Crippen molar-refractivity contribution in [2.75, 3.05) is 32.7 Å². The number of aliphatic hydroxyl groups excluding tert-OH is 1. The molecular weight excluding hydrogens is 314 g/mol. The smallest absolute Gasteiger partial charge is 0.208 e. The van der Waals surface area contributed by atoms with Crippen molar-refractivity contribution < 1.29 is 9.52 Å². The number of hydrogen-bond acceptors (Lipinski definition) is 5. The maximum absolute atomic E-state index is 10.4.